The number of aromatic nitrogens is 4. The highest BCUT2D eigenvalue weighted by molar-refractivity contribution is 6.16. The van der Waals surface area contributed by atoms with Crippen molar-refractivity contribution >= 4 is 71.4 Å². The zero-order chi connectivity index (χ0) is 36.0. The lowest BCUT2D eigenvalue weighted by Crippen LogP contribution is -2.16. The molecule has 4 heterocycles. The van der Waals surface area contributed by atoms with Crippen LogP contribution in [0.15, 0.2) is 188 Å². The Bertz CT molecular complexity index is 3320. The highest BCUT2D eigenvalue weighted by Gasteiger charge is 2.28. The molecule has 0 unspecified atom stereocenters. The number of benzene rings is 8. The molecule has 0 N–H and O–H groups in total. The summed E-state index contributed by atoms with van der Waals surface area (Å²) < 4.78 is 4.80. The molecular formula is C50H31N5. The molecule has 3 aromatic heterocycles. The molecule has 0 saturated carbocycles. The normalized spacial score (nSPS) is 12.3. The van der Waals surface area contributed by atoms with Crippen molar-refractivity contribution in [3.8, 4) is 33.8 Å². The van der Waals surface area contributed by atoms with E-state index < -0.39 is 0 Å². The van der Waals surface area contributed by atoms with Crippen LogP contribution in [0.4, 0.5) is 17.1 Å². The van der Waals surface area contributed by atoms with E-state index >= 15 is 0 Å². The average Bonchev–Trinajstić information content (AvgIpc) is 3.76. The largest absolute Gasteiger partial charge is 0.309 e. The van der Waals surface area contributed by atoms with Crippen molar-refractivity contribution in [2.45, 2.75) is 0 Å². The third-order valence-corrected chi connectivity index (χ3v) is 11.3. The topological polar surface area (TPSA) is 38.9 Å². The van der Waals surface area contributed by atoms with Crippen LogP contribution in [0, 0.1) is 0 Å². The van der Waals surface area contributed by atoms with E-state index in [4.69, 9.17) is 4.98 Å². The lowest BCUT2D eigenvalue weighted by Gasteiger charge is -2.32. The van der Waals surface area contributed by atoms with Crippen molar-refractivity contribution in [3.63, 3.8) is 0 Å². The Morgan fingerprint density at radius 3 is 1.84 bits per heavy atom. The van der Waals surface area contributed by atoms with Gasteiger partial charge in [-0.1, -0.05) is 103 Å². The quantitative estimate of drug-likeness (QED) is 0.183. The highest BCUT2D eigenvalue weighted by Crippen LogP contribution is 2.51. The first-order valence-electron chi connectivity index (χ1n) is 18.7. The molecule has 12 rings (SSSR count). The van der Waals surface area contributed by atoms with Gasteiger partial charge in [0.2, 0.25) is 0 Å². The molecular weight excluding hydrogens is 671 g/mol. The van der Waals surface area contributed by atoms with Crippen LogP contribution in [-0.2, 0) is 0 Å². The van der Waals surface area contributed by atoms with E-state index in [9.17, 15) is 0 Å². The first-order valence-corrected chi connectivity index (χ1v) is 18.7. The van der Waals surface area contributed by atoms with Crippen LogP contribution in [0.5, 0.6) is 0 Å². The first kappa shape index (κ1) is 30.0. The number of hydrogen-bond acceptors (Lipinski definition) is 3. The standard InChI is InChI=1S/C50H31N5/c1-3-13-35(14-4-1)53-44-20-10-8-18-39(44)41-27-32(23-25-45(41)53)33-22-24-40-38-17-7-9-19-43(38)55(47(40)28-33)37-26-34-12-11-21-46-49(34)42(29-37)50-48(30-51-31-52-50)54(46)36-15-5-2-6-16-36/h1-31H. The van der Waals surface area contributed by atoms with E-state index in [0.717, 1.165) is 50.6 Å². The molecule has 0 atom stereocenters. The maximum Gasteiger partial charge on any atom is 0.116 e. The fraction of sp³-hybridized carbons (Fsp3) is 0. The van der Waals surface area contributed by atoms with Crippen molar-refractivity contribution in [2.75, 3.05) is 4.90 Å². The molecule has 8 aromatic carbocycles. The van der Waals surface area contributed by atoms with E-state index in [2.05, 4.69) is 195 Å². The molecule has 0 radical (unpaired) electrons. The lowest BCUT2D eigenvalue weighted by atomic mass is 9.93. The molecule has 0 aliphatic carbocycles. The summed E-state index contributed by atoms with van der Waals surface area (Å²) in [6, 6.07) is 63.7. The van der Waals surface area contributed by atoms with Gasteiger partial charge in [-0.05, 0) is 89.3 Å². The number of para-hydroxylation sites is 4. The van der Waals surface area contributed by atoms with Crippen molar-refractivity contribution in [1.29, 1.82) is 0 Å². The van der Waals surface area contributed by atoms with Gasteiger partial charge in [0, 0.05) is 49.6 Å². The second-order valence-corrected chi connectivity index (χ2v) is 14.3. The third kappa shape index (κ3) is 4.35. The number of anilines is 3. The van der Waals surface area contributed by atoms with E-state index in [-0.39, 0.29) is 0 Å². The number of rotatable bonds is 4. The maximum atomic E-state index is 4.92. The van der Waals surface area contributed by atoms with Crippen LogP contribution in [0.3, 0.4) is 0 Å². The van der Waals surface area contributed by atoms with Crippen LogP contribution < -0.4 is 4.90 Å². The second-order valence-electron chi connectivity index (χ2n) is 14.3. The van der Waals surface area contributed by atoms with Crippen molar-refractivity contribution < 1.29 is 0 Å². The van der Waals surface area contributed by atoms with Crippen LogP contribution in [0.1, 0.15) is 0 Å². The Balaban J connectivity index is 1.09. The third-order valence-electron chi connectivity index (χ3n) is 11.3. The minimum absolute atomic E-state index is 0.925. The van der Waals surface area contributed by atoms with Crippen molar-refractivity contribution in [1.82, 2.24) is 19.1 Å². The molecule has 55 heavy (non-hydrogen) atoms. The van der Waals surface area contributed by atoms with Gasteiger partial charge in [0.1, 0.15) is 6.33 Å². The maximum absolute atomic E-state index is 4.92. The van der Waals surface area contributed by atoms with Crippen LogP contribution in [0.25, 0.3) is 88.1 Å². The Hall–Kier alpha value is -7.50. The molecule has 0 bridgehead atoms. The van der Waals surface area contributed by atoms with Gasteiger partial charge >= 0.3 is 0 Å². The Morgan fingerprint density at radius 1 is 0.400 bits per heavy atom. The molecule has 5 nitrogen and oxygen atoms in total. The summed E-state index contributed by atoms with van der Waals surface area (Å²) in [5.74, 6) is 0. The number of fused-ring (bicyclic) bond motifs is 8. The summed E-state index contributed by atoms with van der Waals surface area (Å²) in [4.78, 5) is 11.7. The van der Waals surface area contributed by atoms with Gasteiger partial charge in [-0.3, -0.25) is 0 Å². The van der Waals surface area contributed by atoms with Gasteiger partial charge in [-0.15, -0.1) is 0 Å². The van der Waals surface area contributed by atoms with Crippen LogP contribution >= 0.6 is 0 Å². The van der Waals surface area contributed by atoms with E-state index in [1.165, 1.54) is 54.6 Å². The van der Waals surface area contributed by atoms with Crippen molar-refractivity contribution in [3.05, 3.63) is 188 Å². The van der Waals surface area contributed by atoms with Crippen LogP contribution in [-0.4, -0.2) is 19.1 Å². The minimum atomic E-state index is 0.925. The molecule has 1 aliphatic rings. The smallest absolute Gasteiger partial charge is 0.116 e. The zero-order valence-electron chi connectivity index (χ0n) is 29.6. The molecule has 5 heteroatoms. The van der Waals surface area contributed by atoms with Crippen molar-refractivity contribution in [2.24, 2.45) is 0 Å². The summed E-state index contributed by atoms with van der Waals surface area (Å²) in [6.07, 6.45) is 3.60. The minimum Gasteiger partial charge on any atom is -0.309 e. The monoisotopic (exact) mass is 701 g/mol. The number of hydrogen-bond donors (Lipinski definition) is 0. The van der Waals surface area contributed by atoms with E-state index in [1.54, 1.807) is 6.33 Å². The van der Waals surface area contributed by atoms with Crippen LogP contribution in [0.2, 0.25) is 0 Å². The summed E-state index contributed by atoms with van der Waals surface area (Å²) in [5.41, 5.74) is 14.6. The Labute approximate surface area is 316 Å². The summed E-state index contributed by atoms with van der Waals surface area (Å²) >= 11 is 0. The highest BCUT2D eigenvalue weighted by atomic mass is 15.2. The second kappa shape index (κ2) is 11.5. The Kier molecular flexibility index (Phi) is 6.27. The fourth-order valence-electron chi connectivity index (χ4n) is 9.01. The zero-order valence-corrected chi connectivity index (χ0v) is 29.6. The van der Waals surface area contributed by atoms with E-state index in [1.807, 2.05) is 6.20 Å². The predicted molar refractivity (Wildman–Crippen MR) is 227 cm³/mol. The average molecular weight is 702 g/mol. The first-order chi connectivity index (χ1) is 27.3. The summed E-state index contributed by atoms with van der Waals surface area (Å²) in [7, 11) is 0. The molecule has 0 fully saturated rings. The van der Waals surface area contributed by atoms with E-state index in [0.29, 0.717) is 0 Å². The fourth-order valence-corrected chi connectivity index (χ4v) is 9.01. The van der Waals surface area contributed by atoms with Gasteiger partial charge < -0.3 is 14.0 Å². The SMILES string of the molecule is c1ccc(N2c3cncnc3-c3cc(-n4c5ccccc5c5ccc(-c6ccc7c(c6)c6ccccc6n7-c6ccccc6)cc54)cc4cccc2c34)cc1. The molecule has 0 saturated heterocycles. The number of nitrogens with zero attached hydrogens (tertiary/aromatic N) is 5. The summed E-state index contributed by atoms with van der Waals surface area (Å²) in [5, 5.41) is 7.29. The Morgan fingerprint density at radius 2 is 1.04 bits per heavy atom. The summed E-state index contributed by atoms with van der Waals surface area (Å²) in [6.45, 7) is 0. The van der Waals surface area contributed by atoms with Gasteiger partial charge in [-0.2, -0.15) is 0 Å². The molecule has 1 aliphatic heterocycles. The predicted octanol–water partition coefficient (Wildman–Crippen LogP) is 12.9. The van der Waals surface area contributed by atoms with Gasteiger partial charge in [0.25, 0.3) is 0 Å². The lowest BCUT2D eigenvalue weighted by molar-refractivity contribution is 1.13. The molecule has 11 aromatic rings. The molecule has 256 valence electrons. The van der Waals surface area contributed by atoms with Gasteiger partial charge in [0.05, 0.1) is 45.3 Å². The molecule has 0 spiro atoms. The molecule has 0 amide bonds. The van der Waals surface area contributed by atoms with Gasteiger partial charge in [0.15, 0.2) is 0 Å². The van der Waals surface area contributed by atoms with Gasteiger partial charge in [-0.25, -0.2) is 9.97 Å².